The number of carboxylic acid groups (broad SMARTS) is 1. The highest BCUT2D eigenvalue weighted by Gasteiger charge is 2.37. The normalized spacial score (nSPS) is 12.7. The number of amides is 2. The molecule has 1 aliphatic rings. The molecule has 6 rings (SSSR count). The molecule has 0 fully saturated rings. The van der Waals surface area contributed by atoms with Crippen molar-refractivity contribution in [3.05, 3.63) is 101 Å². The summed E-state index contributed by atoms with van der Waals surface area (Å²) in [5.41, 5.74) is 3.47. The number of halogens is 1. The van der Waals surface area contributed by atoms with Crippen molar-refractivity contribution in [2.75, 3.05) is 11.5 Å². The van der Waals surface area contributed by atoms with E-state index < -0.39 is 17.8 Å². The fourth-order valence-electron chi connectivity index (χ4n) is 4.63. The summed E-state index contributed by atoms with van der Waals surface area (Å²) in [6, 6.07) is 20.2. The third-order valence-electron chi connectivity index (χ3n) is 6.61. The molecule has 5 aromatic rings. The number of fused-ring (bicyclic) bond motifs is 2. The molecule has 1 aromatic heterocycles. The van der Waals surface area contributed by atoms with Gasteiger partial charge in [0.2, 0.25) is 5.89 Å². The molecule has 0 saturated heterocycles. The summed E-state index contributed by atoms with van der Waals surface area (Å²) in [5.74, 6) is -2.03. The lowest BCUT2D eigenvalue weighted by Gasteiger charge is -2.16. The zero-order valence-electron chi connectivity index (χ0n) is 21.2. The molecule has 8 nitrogen and oxygen atoms in total. The van der Waals surface area contributed by atoms with Crippen LogP contribution in [0.4, 0.5) is 10.1 Å². The van der Waals surface area contributed by atoms with E-state index >= 15 is 0 Å². The molecule has 0 unspecified atom stereocenters. The number of rotatable bonds is 7. The van der Waals surface area contributed by atoms with E-state index in [-0.39, 0.29) is 34.1 Å². The van der Waals surface area contributed by atoms with E-state index in [2.05, 4.69) is 4.98 Å². The Hall–Kier alpha value is -5.31. The summed E-state index contributed by atoms with van der Waals surface area (Å²) in [5, 5.41) is 9.31. The zero-order valence-corrected chi connectivity index (χ0v) is 21.2. The highest BCUT2D eigenvalue weighted by atomic mass is 19.1. The molecule has 0 bridgehead atoms. The Morgan fingerprint density at radius 1 is 0.900 bits per heavy atom. The van der Waals surface area contributed by atoms with Gasteiger partial charge < -0.3 is 14.3 Å². The number of nitrogens with zero attached hydrogens (tertiary/aromatic N) is 2. The van der Waals surface area contributed by atoms with Crippen molar-refractivity contribution in [1.29, 1.82) is 0 Å². The highest BCUT2D eigenvalue weighted by Crippen LogP contribution is 2.38. The fourth-order valence-corrected chi connectivity index (χ4v) is 4.63. The topological polar surface area (TPSA) is 110 Å². The number of imide groups is 1. The summed E-state index contributed by atoms with van der Waals surface area (Å²) < 4.78 is 25.4. The lowest BCUT2D eigenvalue weighted by Crippen LogP contribution is -2.29. The van der Waals surface area contributed by atoms with Gasteiger partial charge in [0.1, 0.15) is 17.1 Å². The van der Waals surface area contributed by atoms with E-state index in [4.69, 9.17) is 9.15 Å². The van der Waals surface area contributed by atoms with Crippen molar-refractivity contribution >= 4 is 34.6 Å². The minimum atomic E-state index is -1.19. The van der Waals surface area contributed by atoms with Crippen LogP contribution in [0.5, 0.6) is 5.75 Å². The Morgan fingerprint density at radius 3 is 2.40 bits per heavy atom. The number of benzene rings is 4. The summed E-state index contributed by atoms with van der Waals surface area (Å²) >= 11 is 0. The summed E-state index contributed by atoms with van der Waals surface area (Å²) in [7, 11) is 0. The monoisotopic (exact) mass is 536 g/mol. The maximum atomic E-state index is 13.4. The van der Waals surface area contributed by atoms with Gasteiger partial charge >= 0.3 is 5.97 Å². The minimum Gasteiger partial charge on any atom is -0.493 e. The standard InChI is InChI=1S/C31H21FN2O6/c1-2-13-39-26-12-9-21(34-29(35)22-10-5-19(31(37)38)14-23(22)30(34)36)16-24(26)28-33-25-15-18(6-11-27(25)40-28)17-3-7-20(32)8-4-17/h3-12,14-16H,2,13H2,1H3,(H,37,38). The Kier molecular flexibility index (Phi) is 6.11. The van der Waals surface area contributed by atoms with Crippen LogP contribution in [0.15, 0.2) is 83.3 Å². The molecule has 40 heavy (non-hydrogen) atoms. The average Bonchev–Trinajstić information content (AvgIpc) is 3.50. The van der Waals surface area contributed by atoms with Gasteiger partial charge in [-0.3, -0.25) is 9.59 Å². The van der Waals surface area contributed by atoms with E-state index in [1.165, 1.54) is 30.3 Å². The molecule has 9 heteroatoms. The first-order chi connectivity index (χ1) is 19.3. The largest absolute Gasteiger partial charge is 0.493 e. The molecule has 0 atom stereocenters. The van der Waals surface area contributed by atoms with Crippen LogP contribution in [0.25, 0.3) is 33.7 Å². The molecule has 0 aliphatic carbocycles. The van der Waals surface area contributed by atoms with Crippen molar-refractivity contribution in [2.24, 2.45) is 0 Å². The molecular weight excluding hydrogens is 515 g/mol. The van der Waals surface area contributed by atoms with E-state index in [1.54, 1.807) is 36.4 Å². The lowest BCUT2D eigenvalue weighted by molar-refractivity contribution is 0.0696. The third kappa shape index (κ3) is 4.27. The van der Waals surface area contributed by atoms with Gasteiger partial charge in [0.15, 0.2) is 5.58 Å². The minimum absolute atomic E-state index is 0.0212. The van der Waals surface area contributed by atoms with E-state index in [1.807, 2.05) is 19.1 Å². The zero-order chi connectivity index (χ0) is 28.0. The van der Waals surface area contributed by atoms with Gasteiger partial charge in [0.25, 0.3) is 11.8 Å². The maximum absolute atomic E-state index is 13.4. The second-order valence-corrected chi connectivity index (χ2v) is 9.25. The molecular formula is C31H21FN2O6. The Bertz CT molecular complexity index is 1830. The Morgan fingerprint density at radius 2 is 1.65 bits per heavy atom. The van der Waals surface area contributed by atoms with Crippen molar-refractivity contribution in [2.45, 2.75) is 13.3 Å². The van der Waals surface area contributed by atoms with Crippen LogP contribution in [-0.2, 0) is 0 Å². The first-order valence-electron chi connectivity index (χ1n) is 12.5. The third-order valence-corrected chi connectivity index (χ3v) is 6.61. The molecule has 1 aliphatic heterocycles. The second-order valence-electron chi connectivity index (χ2n) is 9.25. The Labute approximate surface area is 227 Å². The SMILES string of the molecule is CCCOc1ccc(N2C(=O)c3ccc(C(=O)O)cc3C2=O)cc1-c1nc2cc(-c3ccc(F)cc3)ccc2o1. The highest BCUT2D eigenvalue weighted by molar-refractivity contribution is 6.34. The lowest BCUT2D eigenvalue weighted by atomic mass is 10.1. The first-order valence-corrected chi connectivity index (χ1v) is 12.5. The molecule has 1 N–H and O–H groups in total. The van der Waals surface area contributed by atoms with Crippen LogP contribution in [0, 0.1) is 5.82 Å². The first kappa shape index (κ1) is 25.0. The van der Waals surface area contributed by atoms with Gasteiger partial charge in [-0.05, 0) is 78.2 Å². The molecule has 2 heterocycles. The molecule has 198 valence electrons. The van der Waals surface area contributed by atoms with Crippen LogP contribution in [0.3, 0.4) is 0 Å². The maximum Gasteiger partial charge on any atom is 0.335 e. The summed E-state index contributed by atoms with van der Waals surface area (Å²) in [4.78, 5) is 43.5. The number of oxazole rings is 1. The number of hydrogen-bond donors (Lipinski definition) is 1. The van der Waals surface area contributed by atoms with E-state index in [0.29, 0.717) is 29.0 Å². The van der Waals surface area contributed by atoms with Gasteiger partial charge in [0, 0.05) is 0 Å². The van der Waals surface area contributed by atoms with Gasteiger partial charge in [-0.25, -0.2) is 19.1 Å². The number of hydrogen-bond acceptors (Lipinski definition) is 6. The predicted octanol–water partition coefficient (Wildman–Crippen LogP) is 6.59. The van der Waals surface area contributed by atoms with Crippen LogP contribution >= 0.6 is 0 Å². The van der Waals surface area contributed by atoms with Crippen molar-refractivity contribution in [1.82, 2.24) is 4.98 Å². The molecule has 4 aromatic carbocycles. The number of aromatic nitrogens is 1. The van der Waals surface area contributed by atoms with Gasteiger partial charge in [-0.15, -0.1) is 0 Å². The van der Waals surface area contributed by atoms with Gasteiger partial charge in [0.05, 0.1) is 34.5 Å². The van der Waals surface area contributed by atoms with Crippen LogP contribution in [-0.4, -0.2) is 34.5 Å². The number of aromatic carboxylic acids is 1. The Balaban J connectivity index is 1.41. The number of carbonyl (C=O) groups is 3. The van der Waals surface area contributed by atoms with Crippen LogP contribution in [0.2, 0.25) is 0 Å². The predicted molar refractivity (Wildman–Crippen MR) is 145 cm³/mol. The quantitative estimate of drug-likeness (QED) is 0.234. The van der Waals surface area contributed by atoms with Crippen molar-refractivity contribution in [3.8, 4) is 28.3 Å². The molecule has 0 saturated carbocycles. The van der Waals surface area contributed by atoms with E-state index in [9.17, 15) is 23.9 Å². The number of carboxylic acids is 1. The van der Waals surface area contributed by atoms with Crippen LogP contribution in [0.1, 0.15) is 44.4 Å². The number of ether oxygens (including phenoxy) is 1. The fraction of sp³-hybridized carbons (Fsp3) is 0.0968. The molecule has 2 amide bonds. The van der Waals surface area contributed by atoms with E-state index in [0.717, 1.165) is 22.4 Å². The van der Waals surface area contributed by atoms with Gasteiger partial charge in [-0.1, -0.05) is 25.1 Å². The molecule has 0 spiro atoms. The second kappa shape index (κ2) is 9.77. The van der Waals surface area contributed by atoms with Gasteiger partial charge in [-0.2, -0.15) is 0 Å². The summed E-state index contributed by atoms with van der Waals surface area (Å²) in [6.45, 7) is 2.39. The van der Waals surface area contributed by atoms with Crippen molar-refractivity contribution < 1.29 is 33.0 Å². The summed E-state index contributed by atoms with van der Waals surface area (Å²) in [6.07, 6.45) is 0.750. The number of anilines is 1. The average molecular weight is 537 g/mol. The number of carbonyl (C=O) groups excluding carboxylic acids is 2. The molecule has 0 radical (unpaired) electrons. The smallest absolute Gasteiger partial charge is 0.335 e. The van der Waals surface area contributed by atoms with Crippen molar-refractivity contribution in [3.63, 3.8) is 0 Å². The van der Waals surface area contributed by atoms with Crippen LogP contribution < -0.4 is 9.64 Å².